The van der Waals surface area contributed by atoms with Gasteiger partial charge < -0.3 is 5.11 Å². The van der Waals surface area contributed by atoms with Crippen molar-refractivity contribution in [2.75, 3.05) is 0 Å². The van der Waals surface area contributed by atoms with E-state index in [0.717, 1.165) is 11.3 Å². The molecule has 2 heterocycles. The van der Waals surface area contributed by atoms with E-state index in [-0.39, 0.29) is 5.56 Å². The highest BCUT2D eigenvalue weighted by molar-refractivity contribution is 5.92. The lowest BCUT2D eigenvalue weighted by molar-refractivity contribution is 0.0695. The molecule has 0 aliphatic carbocycles. The highest BCUT2D eigenvalue weighted by atomic mass is 16.4. The van der Waals surface area contributed by atoms with Crippen LogP contribution in [0.4, 0.5) is 0 Å². The van der Waals surface area contributed by atoms with Gasteiger partial charge in [-0.05, 0) is 18.2 Å². The van der Waals surface area contributed by atoms with Gasteiger partial charge in [-0.3, -0.25) is 4.68 Å². The van der Waals surface area contributed by atoms with Crippen molar-refractivity contribution in [3.8, 4) is 11.4 Å². The first kappa shape index (κ1) is 14.6. The molecule has 0 unspecified atom stereocenters. The summed E-state index contributed by atoms with van der Waals surface area (Å²) in [6, 6.07) is 11.3. The minimum atomic E-state index is -1.06. The van der Waals surface area contributed by atoms with E-state index in [1.165, 1.54) is 6.20 Å². The van der Waals surface area contributed by atoms with Crippen molar-refractivity contribution in [1.82, 2.24) is 19.7 Å². The Labute approximate surface area is 132 Å². The molecule has 0 aliphatic rings. The molecule has 3 aromatic rings. The fourth-order valence-electron chi connectivity index (χ4n) is 2.13. The number of benzene rings is 1. The quantitative estimate of drug-likeness (QED) is 0.801. The first-order chi connectivity index (χ1) is 11.1. The molecule has 0 fully saturated rings. The van der Waals surface area contributed by atoms with Gasteiger partial charge in [0.05, 0.1) is 11.4 Å². The number of nitrogens with zero attached hydrogens (tertiary/aromatic N) is 4. The number of aromatic nitrogens is 4. The summed E-state index contributed by atoms with van der Waals surface area (Å²) in [6.45, 7) is 0. The zero-order chi connectivity index (χ0) is 16.2. The van der Waals surface area contributed by atoms with Crippen LogP contribution in [-0.4, -0.2) is 30.8 Å². The van der Waals surface area contributed by atoms with Gasteiger partial charge in [-0.25, -0.2) is 14.8 Å². The molecule has 1 N–H and O–H groups in total. The lowest BCUT2D eigenvalue weighted by Gasteiger charge is -2.04. The maximum Gasteiger partial charge on any atom is 0.339 e. The van der Waals surface area contributed by atoms with Crippen molar-refractivity contribution in [2.24, 2.45) is 7.05 Å². The molecular formula is C17H14N4O2. The number of hydrogen-bond donors (Lipinski definition) is 1. The predicted molar refractivity (Wildman–Crippen MR) is 86.6 cm³/mol. The Balaban J connectivity index is 2.04. The van der Waals surface area contributed by atoms with Gasteiger partial charge in [-0.2, -0.15) is 5.10 Å². The minimum absolute atomic E-state index is 0.0584. The maximum atomic E-state index is 11.4. The molecule has 0 spiro atoms. The van der Waals surface area contributed by atoms with Crippen LogP contribution in [0, 0.1) is 0 Å². The normalized spacial score (nSPS) is 11.0. The van der Waals surface area contributed by atoms with Gasteiger partial charge in [0, 0.05) is 25.0 Å². The van der Waals surface area contributed by atoms with Crippen LogP contribution in [0.15, 0.2) is 48.8 Å². The van der Waals surface area contributed by atoms with E-state index in [4.69, 9.17) is 0 Å². The molecule has 0 atom stereocenters. The molecule has 0 saturated carbocycles. The lowest BCUT2D eigenvalue weighted by Crippen LogP contribution is -2.04. The van der Waals surface area contributed by atoms with Crippen LogP contribution in [0.25, 0.3) is 23.5 Å². The Hall–Kier alpha value is -3.28. The third-order valence-electron chi connectivity index (χ3n) is 3.35. The molecule has 114 valence electrons. The number of carboxylic acid groups (broad SMARTS) is 1. The number of aromatic carboxylic acids is 1. The van der Waals surface area contributed by atoms with Crippen LogP contribution in [0.3, 0.4) is 0 Å². The molecule has 0 radical (unpaired) electrons. The lowest BCUT2D eigenvalue weighted by atomic mass is 10.1. The number of hydrogen-bond acceptors (Lipinski definition) is 4. The molecule has 0 aliphatic heterocycles. The topological polar surface area (TPSA) is 80.9 Å². The van der Waals surface area contributed by atoms with Crippen LogP contribution in [0.5, 0.6) is 0 Å². The van der Waals surface area contributed by atoms with E-state index in [1.807, 2.05) is 43.4 Å². The Morgan fingerprint density at radius 2 is 1.96 bits per heavy atom. The van der Waals surface area contributed by atoms with E-state index in [2.05, 4.69) is 15.1 Å². The average molecular weight is 306 g/mol. The monoisotopic (exact) mass is 306 g/mol. The summed E-state index contributed by atoms with van der Waals surface area (Å²) in [6.07, 6.45) is 6.44. The van der Waals surface area contributed by atoms with Gasteiger partial charge in [-0.15, -0.1) is 0 Å². The van der Waals surface area contributed by atoms with Crippen molar-refractivity contribution in [3.63, 3.8) is 0 Å². The summed E-state index contributed by atoms with van der Waals surface area (Å²) < 4.78 is 1.69. The number of rotatable bonds is 4. The fourth-order valence-corrected chi connectivity index (χ4v) is 2.13. The van der Waals surface area contributed by atoms with E-state index in [9.17, 15) is 9.90 Å². The van der Waals surface area contributed by atoms with E-state index in [1.54, 1.807) is 23.0 Å². The molecule has 3 rings (SSSR count). The smallest absolute Gasteiger partial charge is 0.339 e. The van der Waals surface area contributed by atoms with Crippen molar-refractivity contribution in [2.45, 2.75) is 0 Å². The van der Waals surface area contributed by atoms with Gasteiger partial charge in [0.15, 0.2) is 5.82 Å². The van der Waals surface area contributed by atoms with E-state index in [0.29, 0.717) is 11.5 Å². The van der Waals surface area contributed by atoms with Gasteiger partial charge in [0.25, 0.3) is 0 Å². The second-order valence-electron chi connectivity index (χ2n) is 4.88. The first-order valence-corrected chi connectivity index (χ1v) is 6.97. The number of carbonyl (C=O) groups is 1. The number of carboxylic acids is 1. The van der Waals surface area contributed by atoms with Gasteiger partial charge in [0.1, 0.15) is 5.56 Å². The second-order valence-corrected chi connectivity index (χ2v) is 4.88. The molecule has 0 saturated heterocycles. The third kappa shape index (κ3) is 3.16. The van der Waals surface area contributed by atoms with Crippen molar-refractivity contribution < 1.29 is 9.90 Å². The van der Waals surface area contributed by atoms with Crippen molar-refractivity contribution in [1.29, 1.82) is 0 Å². The summed E-state index contributed by atoms with van der Waals surface area (Å²) in [4.78, 5) is 19.9. The summed E-state index contributed by atoms with van der Waals surface area (Å²) in [5.41, 5.74) is 2.09. The Morgan fingerprint density at radius 3 is 2.61 bits per heavy atom. The molecule has 1 aromatic carbocycles. The third-order valence-corrected chi connectivity index (χ3v) is 3.35. The van der Waals surface area contributed by atoms with Crippen LogP contribution >= 0.6 is 0 Å². The van der Waals surface area contributed by atoms with Gasteiger partial charge >= 0.3 is 5.97 Å². The minimum Gasteiger partial charge on any atom is -0.478 e. The molecule has 23 heavy (non-hydrogen) atoms. The summed E-state index contributed by atoms with van der Waals surface area (Å²) in [5, 5.41) is 13.4. The zero-order valence-electron chi connectivity index (χ0n) is 12.4. The summed E-state index contributed by atoms with van der Waals surface area (Å²) >= 11 is 0. The summed E-state index contributed by atoms with van der Waals surface area (Å²) in [7, 11) is 1.81. The first-order valence-electron chi connectivity index (χ1n) is 6.97. The SMILES string of the molecule is Cn1nccc1C=Cc1nc(-c2ccccc2)ncc1C(=O)O. The number of aryl methyl sites for hydroxylation is 1. The molecule has 0 amide bonds. The zero-order valence-corrected chi connectivity index (χ0v) is 12.4. The van der Waals surface area contributed by atoms with Crippen LogP contribution in [-0.2, 0) is 7.05 Å². The van der Waals surface area contributed by atoms with Crippen LogP contribution in [0.2, 0.25) is 0 Å². The second kappa shape index (κ2) is 6.23. The highest BCUT2D eigenvalue weighted by Crippen LogP contribution is 2.18. The highest BCUT2D eigenvalue weighted by Gasteiger charge is 2.12. The average Bonchev–Trinajstić information content (AvgIpc) is 2.98. The van der Waals surface area contributed by atoms with Gasteiger partial charge in [-0.1, -0.05) is 30.3 Å². The predicted octanol–water partition coefficient (Wildman–Crippen LogP) is 2.75. The van der Waals surface area contributed by atoms with Crippen molar-refractivity contribution >= 4 is 18.1 Å². The van der Waals surface area contributed by atoms with E-state index < -0.39 is 5.97 Å². The molecule has 2 aromatic heterocycles. The largest absolute Gasteiger partial charge is 0.478 e. The van der Waals surface area contributed by atoms with Crippen LogP contribution in [0.1, 0.15) is 21.7 Å². The van der Waals surface area contributed by atoms with Crippen LogP contribution < -0.4 is 0 Å². The maximum absolute atomic E-state index is 11.4. The Kier molecular flexibility index (Phi) is 3.97. The Morgan fingerprint density at radius 1 is 1.17 bits per heavy atom. The Bertz CT molecular complexity index is 869. The molecule has 0 bridgehead atoms. The molecule has 6 heteroatoms. The summed E-state index contributed by atoms with van der Waals surface area (Å²) in [5.74, 6) is -0.575. The fraction of sp³-hybridized carbons (Fsp3) is 0.0588. The van der Waals surface area contributed by atoms with Crippen molar-refractivity contribution in [3.05, 3.63) is 65.7 Å². The molecular weight excluding hydrogens is 292 g/mol. The van der Waals surface area contributed by atoms with Gasteiger partial charge in [0.2, 0.25) is 0 Å². The molecule has 6 nitrogen and oxygen atoms in total. The van der Waals surface area contributed by atoms with E-state index >= 15 is 0 Å². The standard InChI is InChI=1S/C17H14N4O2/c1-21-13(9-10-19-21)7-8-15-14(17(22)23)11-18-16(20-15)12-5-3-2-4-6-12/h2-11H,1H3,(H,22,23).